The summed E-state index contributed by atoms with van der Waals surface area (Å²) in [6, 6.07) is 0. The molecule has 0 saturated carbocycles. The molecule has 2 N–H and O–H groups in total. The average molecular weight is 264 g/mol. The Hall–Kier alpha value is -2.64. The van der Waals surface area contributed by atoms with Crippen LogP contribution in [0.25, 0.3) is 0 Å². The van der Waals surface area contributed by atoms with Crippen LogP contribution in [0.15, 0.2) is 16.9 Å². The van der Waals surface area contributed by atoms with Crippen LogP contribution in [0.5, 0.6) is 0 Å². The predicted octanol–water partition coefficient (Wildman–Crippen LogP) is 0.825. The van der Waals surface area contributed by atoms with E-state index < -0.39 is 5.97 Å². The molecule has 0 saturated heterocycles. The van der Waals surface area contributed by atoms with E-state index in [9.17, 15) is 9.59 Å². The first-order valence-corrected chi connectivity index (χ1v) is 5.46. The first-order valence-electron chi connectivity index (χ1n) is 5.46. The lowest BCUT2D eigenvalue weighted by Crippen LogP contribution is -2.13. The molecule has 100 valence electrons. The molecule has 0 aliphatic carbocycles. The third-order valence-corrected chi connectivity index (χ3v) is 2.45. The van der Waals surface area contributed by atoms with E-state index in [1.165, 1.54) is 17.1 Å². The number of aromatic nitrogens is 3. The fourth-order valence-electron chi connectivity index (χ4n) is 1.65. The Bertz CT molecular complexity index is 609. The summed E-state index contributed by atoms with van der Waals surface area (Å²) in [5.41, 5.74) is 1.27. The van der Waals surface area contributed by atoms with Crippen LogP contribution in [-0.4, -0.2) is 31.9 Å². The number of nitrogens with one attached hydrogen (secondary N) is 1. The fourth-order valence-corrected chi connectivity index (χ4v) is 1.65. The van der Waals surface area contributed by atoms with Crippen molar-refractivity contribution in [1.82, 2.24) is 14.9 Å². The Balaban J connectivity index is 2.11. The van der Waals surface area contributed by atoms with Crippen molar-refractivity contribution in [2.45, 2.75) is 20.4 Å². The van der Waals surface area contributed by atoms with Gasteiger partial charge >= 0.3 is 5.97 Å². The van der Waals surface area contributed by atoms with Crippen LogP contribution in [-0.2, 0) is 11.3 Å². The molecule has 0 fully saturated rings. The summed E-state index contributed by atoms with van der Waals surface area (Å²) in [6.07, 6.45) is 2.81. The topological polar surface area (TPSA) is 110 Å². The van der Waals surface area contributed by atoms with Gasteiger partial charge in [-0.1, -0.05) is 5.16 Å². The van der Waals surface area contributed by atoms with Gasteiger partial charge in [0, 0.05) is 6.20 Å². The first kappa shape index (κ1) is 12.8. The highest BCUT2D eigenvalue weighted by molar-refractivity contribution is 6.05. The maximum absolute atomic E-state index is 12.0. The number of hydrogen-bond donors (Lipinski definition) is 2. The fraction of sp³-hybridized carbons (Fsp3) is 0.273. The zero-order valence-corrected chi connectivity index (χ0v) is 10.4. The molecule has 0 aromatic carbocycles. The van der Waals surface area contributed by atoms with Gasteiger partial charge < -0.3 is 14.9 Å². The second-order valence-corrected chi connectivity index (χ2v) is 3.97. The summed E-state index contributed by atoms with van der Waals surface area (Å²) in [7, 11) is 0. The van der Waals surface area contributed by atoms with E-state index in [1.807, 2.05) is 0 Å². The van der Waals surface area contributed by atoms with Crippen LogP contribution in [0.2, 0.25) is 0 Å². The van der Waals surface area contributed by atoms with Crippen LogP contribution >= 0.6 is 0 Å². The number of carboxylic acid groups (broad SMARTS) is 1. The zero-order valence-electron chi connectivity index (χ0n) is 10.4. The minimum absolute atomic E-state index is 0.263. The number of carbonyl (C=O) groups excluding carboxylic acids is 1. The monoisotopic (exact) mass is 264 g/mol. The van der Waals surface area contributed by atoms with Crippen LogP contribution in [0, 0.1) is 13.8 Å². The molecule has 0 aliphatic rings. The van der Waals surface area contributed by atoms with E-state index in [2.05, 4.69) is 15.6 Å². The van der Waals surface area contributed by atoms with Crippen molar-refractivity contribution in [2.75, 3.05) is 5.32 Å². The molecule has 2 rings (SSSR count). The third-order valence-electron chi connectivity index (χ3n) is 2.45. The zero-order chi connectivity index (χ0) is 14.0. The molecule has 2 heterocycles. The van der Waals surface area contributed by atoms with Crippen LogP contribution in [0.4, 0.5) is 5.69 Å². The molecule has 8 nitrogen and oxygen atoms in total. The highest BCUT2D eigenvalue weighted by Crippen LogP contribution is 2.15. The van der Waals surface area contributed by atoms with E-state index in [4.69, 9.17) is 9.63 Å². The van der Waals surface area contributed by atoms with E-state index in [-0.39, 0.29) is 12.5 Å². The Kier molecular flexibility index (Phi) is 3.32. The quantitative estimate of drug-likeness (QED) is 0.846. The molecule has 0 spiro atoms. The lowest BCUT2D eigenvalue weighted by atomic mass is 10.2. The number of amides is 1. The summed E-state index contributed by atoms with van der Waals surface area (Å²) in [5.74, 6) is -0.953. The number of aryl methyl sites for hydroxylation is 2. The van der Waals surface area contributed by atoms with Crippen molar-refractivity contribution >= 4 is 17.6 Å². The molecule has 2 aromatic heterocycles. The highest BCUT2D eigenvalue weighted by atomic mass is 16.5. The Labute approximate surface area is 108 Å². The van der Waals surface area contributed by atoms with Crippen molar-refractivity contribution in [2.24, 2.45) is 0 Å². The van der Waals surface area contributed by atoms with E-state index in [0.717, 1.165) is 0 Å². The van der Waals surface area contributed by atoms with Gasteiger partial charge in [0.25, 0.3) is 5.91 Å². The number of carboxylic acids is 1. The summed E-state index contributed by atoms with van der Waals surface area (Å²) in [5, 5.41) is 18.7. The lowest BCUT2D eigenvalue weighted by molar-refractivity contribution is -0.137. The molecule has 19 heavy (non-hydrogen) atoms. The van der Waals surface area contributed by atoms with Gasteiger partial charge in [-0.3, -0.25) is 14.3 Å². The number of rotatable bonds is 4. The number of aliphatic carboxylic acids is 1. The Morgan fingerprint density at radius 2 is 2.21 bits per heavy atom. The summed E-state index contributed by atoms with van der Waals surface area (Å²) in [6.45, 7) is 3.04. The molecule has 0 radical (unpaired) electrons. The summed E-state index contributed by atoms with van der Waals surface area (Å²) >= 11 is 0. The molecular weight excluding hydrogens is 252 g/mol. The van der Waals surface area contributed by atoms with Gasteiger partial charge in [0.05, 0.1) is 17.6 Å². The molecular formula is C11H12N4O4. The van der Waals surface area contributed by atoms with Crippen LogP contribution < -0.4 is 5.32 Å². The minimum Gasteiger partial charge on any atom is -0.480 e. The van der Waals surface area contributed by atoms with E-state index >= 15 is 0 Å². The largest absolute Gasteiger partial charge is 0.480 e. The summed E-state index contributed by atoms with van der Waals surface area (Å²) in [4.78, 5) is 22.5. The van der Waals surface area contributed by atoms with Gasteiger partial charge in [0.15, 0.2) is 0 Å². The van der Waals surface area contributed by atoms with Gasteiger partial charge in [0.1, 0.15) is 17.9 Å². The second-order valence-electron chi connectivity index (χ2n) is 3.97. The molecule has 0 atom stereocenters. The van der Waals surface area contributed by atoms with Gasteiger partial charge in [-0.05, 0) is 13.8 Å². The third kappa shape index (κ3) is 2.79. The minimum atomic E-state index is -1.01. The molecule has 0 aliphatic heterocycles. The predicted molar refractivity (Wildman–Crippen MR) is 63.8 cm³/mol. The van der Waals surface area contributed by atoms with Crippen molar-refractivity contribution in [3.63, 3.8) is 0 Å². The Morgan fingerprint density at radius 1 is 1.47 bits per heavy atom. The summed E-state index contributed by atoms with van der Waals surface area (Å²) < 4.78 is 6.12. The van der Waals surface area contributed by atoms with Crippen LogP contribution in [0.3, 0.4) is 0 Å². The molecule has 0 bridgehead atoms. The Morgan fingerprint density at radius 3 is 2.79 bits per heavy atom. The van der Waals surface area contributed by atoms with Crippen LogP contribution in [0.1, 0.15) is 21.8 Å². The average Bonchev–Trinajstić information content (AvgIpc) is 2.85. The molecule has 8 heteroatoms. The number of carbonyl (C=O) groups is 2. The van der Waals surface area contributed by atoms with E-state index in [0.29, 0.717) is 22.7 Å². The molecule has 1 amide bonds. The van der Waals surface area contributed by atoms with Gasteiger partial charge in [-0.2, -0.15) is 5.10 Å². The standard InChI is InChI=1S/C11H12N4O4/c1-6-10(7(2)19-14-6)11(18)13-8-3-12-15(4-8)5-9(16)17/h3-4H,5H2,1-2H3,(H,13,18)(H,16,17). The van der Waals surface area contributed by atoms with Crippen molar-refractivity contribution < 1.29 is 19.2 Å². The van der Waals surface area contributed by atoms with Crippen molar-refractivity contribution in [1.29, 1.82) is 0 Å². The lowest BCUT2D eigenvalue weighted by Gasteiger charge is -2.00. The van der Waals surface area contributed by atoms with Gasteiger partial charge in [-0.15, -0.1) is 0 Å². The van der Waals surface area contributed by atoms with Gasteiger partial charge in [-0.25, -0.2) is 0 Å². The van der Waals surface area contributed by atoms with Gasteiger partial charge in [0.2, 0.25) is 0 Å². The number of anilines is 1. The van der Waals surface area contributed by atoms with Crippen molar-refractivity contribution in [3.05, 3.63) is 29.4 Å². The van der Waals surface area contributed by atoms with Crippen molar-refractivity contribution in [3.8, 4) is 0 Å². The number of nitrogens with zero attached hydrogens (tertiary/aromatic N) is 3. The molecule has 2 aromatic rings. The molecule has 0 unspecified atom stereocenters. The number of hydrogen-bond acceptors (Lipinski definition) is 5. The normalized spacial score (nSPS) is 10.4. The SMILES string of the molecule is Cc1noc(C)c1C(=O)Nc1cnn(CC(=O)O)c1. The van der Waals surface area contributed by atoms with E-state index in [1.54, 1.807) is 13.8 Å². The maximum Gasteiger partial charge on any atom is 0.325 e. The first-order chi connectivity index (χ1) is 8.97. The second kappa shape index (κ2) is 4.92. The smallest absolute Gasteiger partial charge is 0.325 e. The highest BCUT2D eigenvalue weighted by Gasteiger charge is 2.18. The maximum atomic E-state index is 12.0.